The van der Waals surface area contributed by atoms with Crippen LogP contribution in [-0.2, 0) is 11.3 Å². The molecule has 2 aliphatic rings. The van der Waals surface area contributed by atoms with Crippen molar-refractivity contribution >= 4 is 22.6 Å². The predicted octanol–water partition coefficient (Wildman–Crippen LogP) is 4.67. The van der Waals surface area contributed by atoms with E-state index in [1.54, 1.807) is 35.2 Å². The van der Waals surface area contributed by atoms with Gasteiger partial charge in [0.1, 0.15) is 11.6 Å². The molecule has 1 N–H and O–H groups in total. The van der Waals surface area contributed by atoms with E-state index in [1.165, 1.54) is 23.8 Å². The second-order valence-corrected chi connectivity index (χ2v) is 9.63. The molecule has 0 aliphatic carbocycles. The summed E-state index contributed by atoms with van der Waals surface area (Å²) in [5.74, 6) is -1.14. The van der Waals surface area contributed by atoms with Crippen LogP contribution in [0.4, 0.5) is 8.78 Å². The fraction of sp³-hybridized carbons (Fsp3) is 0.310. The Morgan fingerprint density at radius 3 is 2.50 bits per heavy atom. The van der Waals surface area contributed by atoms with Crippen molar-refractivity contribution in [2.75, 3.05) is 26.2 Å². The van der Waals surface area contributed by atoms with Crippen molar-refractivity contribution in [1.82, 2.24) is 15.1 Å². The summed E-state index contributed by atoms with van der Waals surface area (Å²) in [4.78, 5) is 29.2. The van der Waals surface area contributed by atoms with Crippen LogP contribution >= 0.6 is 0 Å². The van der Waals surface area contributed by atoms with E-state index in [4.69, 9.17) is 0 Å². The van der Waals surface area contributed by atoms with Gasteiger partial charge in [0, 0.05) is 44.8 Å². The third kappa shape index (κ3) is 5.62. The van der Waals surface area contributed by atoms with Gasteiger partial charge in [0.25, 0.3) is 5.91 Å². The lowest BCUT2D eigenvalue weighted by Gasteiger charge is -2.28. The summed E-state index contributed by atoms with van der Waals surface area (Å²) in [6.07, 6.45) is 3.77. The SMILES string of the molecule is O=C(C=C1CCN(C(=O)c2ccccc2F)CC1)N[C@@H]1CCN(Cc2ccc3cc(F)ccc3c2)C1. The highest BCUT2D eigenvalue weighted by Gasteiger charge is 2.25. The molecule has 2 fully saturated rings. The average molecular weight is 490 g/mol. The van der Waals surface area contributed by atoms with Crippen LogP contribution in [0.1, 0.15) is 35.2 Å². The number of fused-ring (bicyclic) bond motifs is 1. The van der Waals surface area contributed by atoms with E-state index >= 15 is 0 Å². The lowest BCUT2D eigenvalue weighted by Crippen LogP contribution is -2.38. The smallest absolute Gasteiger partial charge is 0.256 e. The van der Waals surface area contributed by atoms with Gasteiger partial charge in [-0.05, 0) is 65.9 Å². The van der Waals surface area contributed by atoms with Gasteiger partial charge in [0.05, 0.1) is 5.56 Å². The number of carbonyl (C=O) groups is 2. The quantitative estimate of drug-likeness (QED) is 0.530. The highest BCUT2D eigenvalue weighted by Crippen LogP contribution is 2.21. The lowest BCUT2D eigenvalue weighted by molar-refractivity contribution is -0.117. The van der Waals surface area contributed by atoms with Crippen molar-refractivity contribution in [3.63, 3.8) is 0 Å². The molecule has 186 valence electrons. The molecular weight excluding hydrogens is 460 g/mol. The standard InChI is InChI=1S/C29H29F2N3O2/c30-24-8-7-22-15-21(5-6-23(22)17-24)18-33-12-11-25(19-33)32-28(35)16-20-9-13-34(14-10-20)29(36)26-3-1-2-4-27(26)31/h1-8,15-17,25H,9-14,18-19H2,(H,32,35)/t25-/m1/s1. The predicted molar refractivity (Wildman–Crippen MR) is 135 cm³/mol. The van der Waals surface area contributed by atoms with Crippen molar-refractivity contribution in [2.24, 2.45) is 0 Å². The van der Waals surface area contributed by atoms with Gasteiger partial charge >= 0.3 is 0 Å². The Hall–Kier alpha value is -3.58. The summed E-state index contributed by atoms with van der Waals surface area (Å²) in [5, 5.41) is 5.03. The van der Waals surface area contributed by atoms with Crippen LogP contribution in [0.2, 0.25) is 0 Å². The van der Waals surface area contributed by atoms with Crippen molar-refractivity contribution in [1.29, 1.82) is 0 Å². The number of hydrogen-bond donors (Lipinski definition) is 1. The Morgan fingerprint density at radius 1 is 0.944 bits per heavy atom. The number of halogens is 2. The molecule has 0 aromatic heterocycles. The van der Waals surface area contributed by atoms with E-state index in [0.29, 0.717) is 25.9 Å². The molecule has 2 amide bonds. The number of benzene rings is 3. The van der Waals surface area contributed by atoms with Gasteiger partial charge in [-0.2, -0.15) is 0 Å². The summed E-state index contributed by atoms with van der Waals surface area (Å²) >= 11 is 0. The highest BCUT2D eigenvalue weighted by atomic mass is 19.1. The van der Waals surface area contributed by atoms with Crippen molar-refractivity contribution < 1.29 is 18.4 Å². The van der Waals surface area contributed by atoms with Gasteiger partial charge in [0.15, 0.2) is 0 Å². The molecule has 0 radical (unpaired) electrons. The van der Waals surface area contributed by atoms with E-state index in [-0.39, 0.29) is 29.2 Å². The van der Waals surface area contributed by atoms with E-state index in [2.05, 4.69) is 16.3 Å². The number of piperidine rings is 1. The van der Waals surface area contributed by atoms with Crippen LogP contribution in [0.3, 0.4) is 0 Å². The molecule has 0 spiro atoms. The number of hydrogen-bond acceptors (Lipinski definition) is 3. The Balaban J connectivity index is 1.10. The van der Waals surface area contributed by atoms with Gasteiger partial charge in [-0.15, -0.1) is 0 Å². The van der Waals surface area contributed by atoms with E-state index in [9.17, 15) is 18.4 Å². The first kappa shape index (κ1) is 24.1. The number of nitrogens with one attached hydrogen (secondary N) is 1. The van der Waals surface area contributed by atoms with Gasteiger partial charge in [-0.1, -0.05) is 35.9 Å². The topological polar surface area (TPSA) is 52.7 Å². The lowest BCUT2D eigenvalue weighted by atomic mass is 10.0. The number of carbonyl (C=O) groups excluding carboxylic acids is 2. The molecule has 0 saturated carbocycles. The van der Waals surface area contributed by atoms with Gasteiger partial charge < -0.3 is 10.2 Å². The average Bonchev–Trinajstić information content (AvgIpc) is 3.30. The van der Waals surface area contributed by atoms with Crippen LogP contribution in [0.5, 0.6) is 0 Å². The maximum Gasteiger partial charge on any atom is 0.256 e. The summed E-state index contributed by atoms with van der Waals surface area (Å²) in [6.45, 7) is 3.41. The summed E-state index contributed by atoms with van der Waals surface area (Å²) < 4.78 is 27.3. The second kappa shape index (κ2) is 10.6. The van der Waals surface area contributed by atoms with Gasteiger partial charge in [-0.25, -0.2) is 8.78 Å². The molecule has 2 saturated heterocycles. The Kier molecular flexibility index (Phi) is 7.09. The molecule has 3 aromatic carbocycles. The number of amides is 2. The second-order valence-electron chi connectivity index (χ2n) is 9.63. The number of nitrogens with zero attached hydrogens (tertiary/aromatic N) is 2. The number of rotatable bonds is 5. The molecule has 0 unspecified atom stereocenters. The normalized spacial score (nSPS) is 18.4. The maximum absolute atomic E-state index is 13.9. The molecule has 2 heterocycles. The molecule has 2 aliphatic heterocycles. The maximum atomic E-state index is 13.9. The van der Waals surface area contributed by atoms with Gasteiger partial charge in [-0.3, -0.25) is 14.5 Å². The third-order valence-corrected chi connectivity index (χ3v) is 7.02. The van der Waals surface area contributed by atoms with Crippen LogP contribution in [0, 0.1) is 11.6 Å². The fourth-order valence-electron chi connectivity index (χ4n) is 5.09. The van der Waals surface area contributed by atoms with Crippen molar-refractivity contribution in [3.05, 3.63) is 95.1 Å². The van der Waals surface area contributed by atoms with Crippen LogP contribution in [-0.4, -0.2) is 53.8 Å². The minimum atomic E-state index is -0.509. The van der Waals surface area contributed by atoms with Crippen LogP contribution in [0.25, 0.3) is 10.8 Å². The zero-order valence-corrected chi connectivity index (χ0v) is 20.1. The molecule has 5 nitrogen and oxygen atoms in total. The van der Waals surface area contributed by atoms with E-state index in [1.807, 2.05) is 12.1 Å². The van der Waals surface area contributed by atoms with Crippen molar-refractivity contribution in [2.45, 2.75) is 31.8 Å². The molecule has 0 bridgehead atoms. The van der Waals surface area contributed by atoms with Crippen LogP contribution < -0.4 is 5.32 Å². The Bertz CT molecular complexity index is 1310. The molecule has 7 heteroatoms. The van der Waals surface area contributed by atoms with Crippen molar-refractivity contribution in [3.8, 4) is 0 Å². The molecule has 36 heavy (non-hydrogen) atoms. The zero-order chi connectivity index (χ0) is 25.1. The first-order valence-corrected chi connectivity index (χ1v) is 12.4. The fourth-order valence-corrected chi connectivity index (χ4v) is 5.09. The number of likely N-dealkylation sites (tertiary alicyclic amines) is 2. The Labute approximate surface area is 209 Å². The van der Waals surface area contributed by atoms with Gasteiger partial charge in [0.2, 0.25) is 5.91 Å². The first-order valence-electron chi connectivity index (χ1n) is 12.4. The summed E-state index contributed by atoms with van der Waals surface area (Å²) in [7, 11) is 0. The zero-order valence-electron chi connectivity index (χ0n) is 20.1. The van der Waals surface area contributed by atoms with E-state index in [0.717, 1.165) is 42.4 Å². The Morgan fingerprint density at radius 2 is 1.69 bits per heavy atom. The largest absolute Gasteiger partial charge is 0.348 e. The minimum absolute atomic E-state index is 0.0889. The first-order chi connectivity index (χ1) is 17.4. The summed E-state index contributed by atoms with van der Waals surface area (Å²) in [6, 6.07) is 17.0. The monoisotopic (exact) mass is 489 g/mol. The summed E-state index contributed by atoms with van der Waals surface area (Å²) in [5.41, 5.74) is 2.26. The van der Waals surface area contributed by atoms with E-state index < -0.39 is 5.82 Å². The molecule has 5 rings (SSSR count). The molecule has 3 aromatic rings. The minimum Gasteiger partial charge on any atom is -0.348 e. The molecular formula is C29H29F2N3O2. The van der Waals surface area contributed by atoms with Crippen LogP contribution in [0.15, 0.2) is 72.3 Å². The highest BCUT2D eigenvalue weighted by molar-refractivity contribution is 5.94. The molecule has 1 atom stereocenters. The third-order valence-electron chi connectivity index (χ3n) is 7.02.